The van der Waals surface area contributed by atoms with Crippen LogP contribution in [-0.2, 0) is 23.9 Å². The number of hydrogen-bond donors (Lipinski definition) is 1. The summed E-state index contributed by atoms with van der Waals surface area (Å²) in [6.07, 6.45) is 2.84. The van der Waals surface area contributed by atoms with Gasteiger partial charge in [0.2, 0.25) is 11.8 Å². The molecule has 2 saturated carbocycles. The van der Waals surface area contributed by atoms with E-state index in [1.807, 2.05) is 0 Å². The first-order chi connectivity index (χ1) is 15.2. The van der Waals surface area contributed by atoms with Crippen LogP contribution in [0.4, 0.5) is 5.69 Å². The maximum absolute atomic E-state index is 13.1. The van der Waals surface area contributed by atoms with E-state index in [1.165, 1.54) is 13.0 Å². The summed E-state index contributed by atoms with van der Waals surface area (Å²) < 4.78 is 5.21. The van der Waals surface area contributed by atoms with Crippen molar-refractivity contribution < 1.29 is 28.7 Å². The molecule has 0 aromatic heterocycles. The fourth-order valence-electron chi connectivity index (χ4n) is 5.62. The Morgan fingerprint density at radius 2 is 1.72 bits per heavy atom. The van der Waals surface area contributed by atoms with Gasteiger partial charge >= 0.3 is 5.97 Å². The number of ether oxygens (including phenoxy) is 1. The van der Waals surface area contributed by atoms with Gasteiger partial charge in [0.1, 0.15) is 6.04 Å². The van der Waals surface area contributed by atoms with E-state index in [-0.39, 0.29) is 47.2 Å². The van der Waals surface area contributed by atoms with Crippen molar-refractivity contribution in [3.8, 4) is 0 Å². The molecule has 0 spiro atoms. The normalized spacial score (nSPS) is 26.9. The third-order valence-electron chi connectivity index (χ3n) is 7.01. The summed E-state index contributed by atoms with van der Waals surface area (Å²) in [6, 6.07) is 5.39. The van der Waals surface area contributed by atoms with Crippen LogP contribution in [-0.4, -0.2) is 47.0 Å². The van der Waals surface area contributed by atoms with Crippen molar-refractivity contribution in [3.63, 3.8) is 0 Å². The Morgan fingerprint density at radius 3 is 2.28 bits per heavy atom. The van der Waals surface area contributed by atoms with Gasteiger partial charge in [-0.15, -0.1) is 0 Å². The van der Waals surface area contributed by atoms with Crippen LogP contribution in [0.5, 0.6) is 0 Å². The average Bonchev–Trinajstić information content (AvgIpc) is 3.42. The predicted molar refractivity (Wildman–Crippen MR) is 114 cm³/mol. The highest BCUT2D eigenvalue weighted by atomic mass is 16.5. The number of ketones is 1. The molecule has 0 radical (unpaired) electrons. The smallest absolute Gasteiger partial charge is 0.330 e. The number of rotatable bonds is 7. The van der Waals surface area contributed by atoms with Gasteiger partial charge in [-0.3, -0.25) is 24.1 Å². The minimum absolute atomic E-state index is 0.134. The number of nitrogens with one attached hydrogen (secondary N) is 1. The molecule has 1 heterocycles. The molecule has 5 atom stereocenters. The molecule has 3 fully saturated rings. The number of nitrogens with zero attached hydrogens (tertiary/aromatic N) is 1. The topological polar surface area (TPSA) is 110 Å². The Hall–Kier alpha value is -3.03. The highest BCUT2D eigenvalue weighted by Gasteiger charge is 2.62. The summed E-state index contributed by atoms with van der Waals surface area (Å²) in [4.78, 5) is 63.9. The Bertz CT molecular complexity index is 958. The molecule has 1 aliphatic heterocycles. The van der Waals surface area contributed by atoms with E-state index >= 15 is 0 Å². The molecule has 0 unspecified atom stereocenters. The predicted octanol–water partition coefficient (Wildman–Crippen LogP) is 2.43. The zero-order valence-corrected chi connectivity index (χ0v) is 18.5. The summed E-state index contributed by atoms with van der Waals surface area (Å²) in [6.45, 7) is 4.38. The van der Waals surface area contributed by atoms with Crippen LogP contribution >= 0.6 is 0 Å². The molecule has 3 aliphatic rings. The van der Waals surface area contributed by atoms with Crippen molar-refractivity contribution in [3.05, 3.63) is 29.8 Å². The van der Waals surface area contributed by atoms with Crippen molar-refractivity contribution in [1.82, 2.24) is 4.90 Å². The van der Waals surface area contributed by atoms with Crippen molar-refractivity contribution in [2.24, 2.45) is 29.6 Å². The molecule has 1 saturated heterocycles. The number of amides is 3. The van der Waals surface area contributed by atoms with Gasteiger partial charge in [0.25, 0.3) is 5.91 Å². The lowest BCUT2D eigenvalue weighted by Crippen LogP contribution is -2.50. The molecule has 3 amide bonds. The van der Waals surface area contributed by atoms with Crippen LogP contribution in [0.15, 0.2) is 24.3 Å². The molecule has 4 rings (SSSR count). The van der Waals surface area contributed by atoms with E-state index in [0.29, 0.717) is 11.3 Å². The van der Waals surface area contributed by atoms with Gasteiger partial charge < -0.3 is 10.1 Å². The van der Waals surface area contributed by atoms with Crippen molar-refractivity contribution in [1.29, 1.82) is 0 Å². The van der Waals surface area contributed by atoms with E-state index in [4.69, 9.17) is 4.74 Å². The second kappa shape index (κ2) is 8.48. The number of carbonyl (C=O) groups is 5. The van der Waals surface area contributed by atoms with Crippen LogP contribution in [0, 0.1) is 29.6 Å². The second-order valence-electron chi connectivity index (χ2n) is 9.41. The minimum atomic E-state index is -1.05. The van der Waals surface area contributed by atoms with Crippen LogP contribution in [0.1, 0.15) is 50.4 Å². The maximum Gasteiger partial charge on any atom is 0.330 e. The Kier molecular flexibility index (Phi) is 5.88. The summed E-state index contributed by atoms with van der Waals surface area (Å²) in [5.74, 6) is -2.52. The Balaban J connectivity index is 1.40. The molecular formula is C24H28N2O6. The average molecular weight is 440 g/mol. The van der Waals surface area contributed by atoms with Crippen molar-refractivity contribution in [2.45, 2.75) is 46.1 Å². The summed E-state index contributed by atoms with van der Waals surface area (Å²) in [7, 11) is 0. The highest BCUT2D eigenvalue weighted by Crippen LogP contribution is 2.56. The molecule has 32 heavy (non-hydrogen) atoms. The van der Waals surface area contributed by atoms with E-state index in [0.717, 1.165) is 24.2 Å². The van der Waals surface area contributed by atoms with Gasteiger partial charge in [-0.2, -0.15) is 0 Å². The minimum Gasteiger partial charge on any atom is -0.454 e. The standard InChI is InChI=1S/C24H28N2O6/c1-12(2)21(26-22(29)19-15-7-8-16(9-15)20(19)23(26)30)24(31)32-11-18(28)25-17-6-4-5-14(10-17)13(3)27/h4-6,10,12,15-16,19-21H,7-9,11H2,1-3H3,(H,25,28)/t15-,16-,19-,20+,21+/m0/s1. The Morgan fingerprint density at radius 1 is 1.09 bits per heavy atom. The van der Waals surface area contributed by atoms with Gasteiger partial charge in [0.05, 0.1) is 11.8 Å². The molecule has 1 N–H and O–H groups in total. The molecule has 2 aliphatic carbocycles. The molecule has 1 aromatic carbocycles. The lowest BCUT2D eigenvalue weighted by molar-refractivity contribution is -0.162. The zero-order chi connectivity index (χ0) is 23.2. The molecule has 8 heteroatoms. The number of likely N-dealkylation sites (tertiary alicyclic amines) is 1. The first-order valence-electron chi connectivity index (χ1n) is 11.1. The highest BCUT2D eigenvalue weighted by molar-refractivity contribution is 6.09. The number of anilines is 1. The van der Waals surface area contributed by atoms with Gasteiger partial charge in [0.15, 0.2) is 12.4 Å². The summed E-state index contributed by atoms with van der Waals surface area (Å²) in [5.41, 5.74) is 0.859. The molecule has 1 aromatic rings. The van der Waals surface area contributed by atoms with E-state index in [1.54, 1.807) is 32.0 Å². The molecule has 8 nitrogen and oxygen atoms in total. The van der Waals surface area contributed by atoms with Gasteiger partial charge in [-0.1, -0.05) is 26.0 Å². The van der Waals surface area contributed by atoms with Crippen molar-refractivity contribution >= 4 is 35.2 Å². The van der Waals surface area contributed by atoms with Gasteiger partial charge in [-0.25, -0.2) is 4.79 Å². The summed E-state index contributed by atoms with van der Waals surface area (Å²) in [5, 5.41) is 2.58. The van der Waals surface area contributed by atoms with Crippen LogP contribution in [0.3, 0.4) is 0 Å². The molecule has 170 valence electrons. The molecule has 2 bridgehead atoms. The van der Waals surface area contributed by atoms with Crippen LogP contribution in [0.25, 0.3) is 0 Å². The number of esters is 1. The number of hydrogen-bond acceptors (Lipinski definition) is 6. The monoisotopic (exact) mass is 440 g/mol. The number of carbonyl (C=O) groups excluding carboxylic acids is 5. The third kappa shape index (κ3) is 3.82. The fourth-order valence-corrected chi connectivity index (χ4v) is 5.62. The number of imide groups is 1. The summed E-state index contributed by atoms with van der Waals surface area (Å²) >= 11 is 0. The number of benzene rings is 1. The van der Waals surface area contributed by atoms with Crippen molar-refractivity contribution in [2.75, 3.05) is 11.9 Å². The number of Topliss-reactive ketones (excluding diaryl/α,β-unsaturated/α-hetero) is 1. The molecular weight excluding hydrogens is 412 g/mol. The quantitative estimate of drug-likeness (QED) is 0.396. The van der Waals surface area contributed by atoms with Gasteiger partial charge in [0, 0.05) is 11.3 Å². The van der Waals surface area contributed by atoms with E-state index in [9.17, 15) is 24.0 Å². The number of fused-ring (bicyclic) bond motifs is 5. The SMILES string of the molecule is CC(=O)c1cccc(NC(=O)COC(=O)[C@@H](C(C)C)N2C(=O)[C@@H]3[C@H]4CC[C@@H](C4)[C@@H]3C2=O)c1. The first-order valence-corrected chi connectivity index (χ1v) is 11.1. The van der Waals surface area contributed by atoms with Crippen LogP contribution < -0.4 is 5.32 Å². The fraction of sp³-hybridized carbons (Fsp3) is 0.542. The Labute approximate surface area is 186 Å². The van der Waals surface area contributed by atoms with Gasteiger partial charge in [-0.05, 0) is 56.1 Å². The lowest BCUT2D eigenvalue weighted by atomic mass is 9.81. The largest absolute Gasteiger partial charge is 0.454 e. The van der Waals surface area contributed by atoms with E-state index in [2.05, 4.69) is 5.32 Å². The second-order valence-corrected chi connectivity index (χ2v) is 9.41. The van der Waals surface area contributed by atoms with E-state index < -0.39 is 24.5 Å². The van der Waals surface area contributed by atoms with Crippen LogP contribution in [0.2, 0.25) is 0 Å². The first kappa shape index (κ1) is 22.2. The lowest BCUT2D eigenvalue weighted by Gasteiger charge is -2.28. The maximum atomic E-state index is 13.1. The zero-order valence-electron chi connectivity index (χ0n) is 18.5. The third-order valence-corrected chi connectivity index (χ3v) is 7.01.